The first kappa shape index (κ1) is 19.5. The number of imidazole rings is 1. The highest BCUT2D eigenvalue weighted by Gasteiger charge is 2.21. The monoisotopic (exact) mass is 401 g/mol. The fourth-order valence-electron chi connectivity index (χ4n) is 3.38. The van der Waals surface area contributed by atoms with Gasteiger partial charge in [0.05, 0.1) is 7.11 Å². The molecule has 0 fully saturated rings. The van der Waals surface area contributed by atoms with Gasteiger partial charge in [0.15, 0.2) is 6.61 Å². The van der Waals surface area contributed by atoms with Crippen LogP contribution in [0.1, 0.15) is 17.4 Å². The Balaban J connectivity index is 1.50. The van der Waals surface area contributed by atoms with Crippen molar-refractivity contribution in [1.29, 1.82) is 0 Å². The lowest BCUT2D eigenvalue weighted by atomic mass is 10.1. The number of aromatic nitrogens is 2. The summed E-state index contributed by atoms with van der Waals surface area (Å²) in [5.74, 6) is 1.86. The first-order valence-corrected chi connectivity index (χ1v) is 9.66. The van der Waals surface area contributed by atoms with Gasteiger partial charge in [-0.25, -0.2) is 4.98 Å². The van der Waals surface area contributed by atoms with Crippen LogP contribution in [0.15, 0.2) is 79.1 Å². The van der Waals surface area contributed by atoms with E-state index in [1.54, 1.807) is 13.3 Å². The number of carbonyl (C=O) groups is 1. The Bertz CT molecular complexity index is 1170. The summed E-state index contributed by atoms with van der Waals surface area (Å²) >= 11 is 0. The topological polar surface area (TPSA) is 65.4 Å². The molecule has 1 unspecified atom stereocenters. The van der Waals surface area contributed by atoms with Gasteiger partial charge >= 0.3 is 0 Å². The molecule has 1 atom stereocenters. The number of amides is 1. The summed E-state index contributed by atoms with van der Waals surface area (Å²) in [6, 6.07) is 21.0. The van der Waals surface area contributed by atoms with Crippen LogP contribution in [0, 0.1) is 0 Å². The third kappa shape index (κ3) is 4.27. The highest BCUT2D eigenvalue weighted by atomic mass is 16.5. The van der Waals surface area contributed by atoms with E-state index in [1.165, 1.54) is 0 Å². The van der Waals surface area contributed by atoms with Gasteiger partial charge in [0.1, 0.15) is 23.4 Å². The Morgan fingerprint density at radius 1 is 1.03 bits per heavy atom. The lowest BCUT2D eigenvalue weighted by Crippen LogP contribution is -2.34. The molecule has 152 valence electrons. The summed E-state index contributed by atoms with van der Waals surface area (Å²) in [6.07, 6.45) is 3.56. The van der Waals surface area contributed by atoms with Crippen LogP contribution < -0.4 is 14.8 Å². The molecule has 0 aliphatic carbocycles. The lowest BCUT2D eigenvalue weighted by molar-refractivity contribution is -0.123. The minimum Gasteiger partial charge on any atom is -0.497 e. The Morgan fingerprint density at radius 2 is 1.87 bits per heavy atom. The fraction of sp³-hybridized carbons (Fsp3) is 0.167. The number of ether oxygens (including phenoxy) is 2. The van der Waals surface area contributed by atoms with Gasteiger partial charge in [0.2, 0.25) is 0 Å². The van der Waals surface area contributed by atoms with Crippen LogP contribution in [-0.2, 0) is 11.8 Å². The van der Waals surface area contributed by atoms with E-state index >= 15 is 0 Å². The van der Waals surface area contributed by atoms with Crippen molar-refractivity contribution >= 4 is 16.7 Å². The molecule has 0 aliphatic rings. The molecule has 1 N–H and O–H groups in total. The van der Waals surface area contributed by atoms with E-state index in [1.807, 2.05) is 84.5 Å². The van der Waals surface area contributed by atoms with Crippen LogP contribution >= 0.6 is 0 Å². The van der Waals surface area contributed by atoms with E-state index in [2.05, 4.69) is 10.3 Å². The van der Waals surface area contributed by atoms with Crippen molar-refractivity contribution in [3.63, 3.8) is 0 Å². The number of hydrogen-bond acceptors (Lipinski definition) is 4. The van der Waals surface area contributed by atoms with Gasteiger partial charge in [0.25, 0.3) is 5.91 Å². The van der Waals surface area contributed by atoms with Crippen LogP contribution in [-0.4, -0.2) is 29.2 Å². The normalized spacial score (nSPS) is 11.8. The average molecular weight is 401 g/mol. The summed E-state index contributed by atoms with van der Waals surface area (Å²) in [5.41, 5.74) is 0.878. The van der Waals surface area contributed by atoms with Gasteiger partial charge in [-0.1, -0.05) is 42.5 Å². The molecule has 6 heteroatoms. The Kier molecular flexibility index (Phi) is 5.66. The number of fused-ring (bicyclic) bond motifs is 1. The lowest BCUT2D eigenvalue weighted by Gasteiger charge is -2.20. The number of hydrogen-bond donors (Lipinski definition) is 1. The first-order valence-electron chi connectivity index (χ1n) is 9.66. The minimum atomic E-state index is -0.423. The van der Waals surface area contributed by atoms with Crippen molar-refractivity contribution in [1.82, 2.24) is 14.9 Å². The van der Waals surface area contributed by atoms with Crippen molar-refractivity contribution in [2.45, 2.75) is 6.04 Å². The summed E-state index contributed by atoms with van der Waals surface area (Å²) in [7, 11) is 3.51. The summed E-state index contributed by atoms with van der Waals surface area (Å²) in [6.45, 7) is -0.0940. The molecule has 1 amide bonds. The molecule has 1 heterocycles. The number of rotatable bonds is 7. The molecule has 0 saturated heterocycles. The number of nitrogens with one attached hydrogen (secondary N) is 1. The van der Waals surface area contributed by atoms with Gasteiger partial charge in [-0.3, -0.25) is 4.79 Å². The maximum atomic E-state index is 12.7. The SMILES string of the molecule is COc1cccc(C(NC(=O)COc2ccc3ccccc3c2)c2nccn2C)c1. The quantitative estimate of drug-likeness (QED) is 0.511. The average Bonchev–Trinajstić information content (AvgIpc) is 3.21. The third-order valence-electron chi connectivity index (χ3n) is 4.94. The van der Waals surface area contributed by atoms with Crippen LogP contribution in [0.3, 0.4) is 0 Å². The number of methoxy groups -OCH3 is 1. The maximum absolute atomic E-state index is 12.7. The van der Waals surface area contributed by atoms with Crippen molar-refractivity contribution in [2.75, 3.05) is 13.7 Å². The van der Waals surface area contributed by atoms with Crippen molar-refractivity contribution in [2.24, 2.45) is 7.05 Å². The second kappa shape index (κ2) is 8.69. The van der Waals surface area contributed by atoms with Crippen LogP contribution in [0.4, 0.5) is 0 Å². The van der Waals surface area contributed by atoms with E-state index in [4.69, 9.17) is 9.47 Å². The number of aryl methyl sites for hydroxylation is 1. The highest BCUT2D eigenvalue weighted by molar-refractivity contribution is 5.84. The van der Waals surface area contributed by atoms with Crippen LogP contribution in [0.5, 0.6) is 11.5 Å². The fourth-order valence-corrected chi connectivity index (χ4v) is 3.38. The van der Waals surface area contributed by atoms with Gasteiger partial charge in [-0.05, 0) is 40.6 Å². The van der Waals surface area contributed by atoms with Gasteiger partial charge in [-0.15, -0.1) is 0 Å². The number of carbonyl (C=O) groups excluding carboxylic acids is 1. The molecule has 1 aromatic heterocycles. The minimum absolute atomic E-state index is 0.0940. The molecular weight excluding hydrogens is 378 g/mol. The zero-order valence-corrected chi connectivity index (χ0v) is 16.9. The van der Waals surface area contributed by atoms with Gasteiger partial charge in [-0.2, -0.15) is 0 Å². The maximum Gasteiger partial charge on any atom is 0.258 e. The first-order chi connectivity index (χ1) is 14.6. The Hall–Kier alpha value is -3.80. The largest absolute Gasteiger partial charge is 0.497 e. The van der Waals surface area contributed by atoms with Crippen LogP contribution in [0.2, 0.25) is 0 Å². The standard InChI is InChI=1S/C24H23N3O3/c1-27-13-12-25-24(27)23(19-8-5-9-20(15-19)29-2)26-22(28)16-30-21-11-10-17-6-3-4-7-18(17)14-21/h3-15,23H,16H2,1-2H3,(H,26,28). The third-order valence-corrected chi connectivity index (χ3v) is 4.94. The molecule has 3 aromatic carbocycles. The van der Waals surface area contributed by atoms with Gasteiger partial charge < -0.3 is 19.4 Å². The Morgan fingerprint density at radius 3 is 2.63 bits per heavy atom. The molecule has 4 aromatic rings. The summed E-state index contributed by atoms with van der Waals surface area (Å²) in [5, 5.41) is 5.23. The molecule has 0 spiro atoms. The van der Waals surface area contributed by atoms with Crippen LogP contribution in [0.25, 0.3) is 10.8 Å². The molecule has 0 radical (unpaired) electrons. The van der Waals surface area contributed by atoms with E-state index in [9.17, 15) is 4.79 Å². The predicted molar refractivity (Wildman–Crippen MR) is 116 cm³/mol. The predicted octanol–water partition coefficient (Wildman–Crippen LogP) is 3.87. The molecule has 0 saturated carbocycles. The highest BCUT2D eigenvalue weighted by Crippen LogP contribution is 2.24. The summed E-state index contributed by atoms with van der Waals surface area (Å²) in [4.78, 5) is 17.1. The second-order valence-corrected chi connectivity index (χ2v) is 6.97. The second-order valence-electron chi connectivity index (χ2n) is 6.97. The number of nitrogens with zero attached hydrogens (tertiary/aromatic N) is 2. The summed E-state index contributed by atoms with van der Waals surface area (Å²) < 4.78 is 13.0. The van der Waals surface area contributed by atoms with Gasteiger partial charge in [0, 0.05) is 19.4 Å². The van der Waals surface area contributed by atoms with Crippen molar-refractivity contribution in [3.05, 3.63) is 90.5 Å². The molecular formula is C24H23N3O3. The molecule has 6 nitrogen and oxygen atoms in total. The van der Waals surface area contributed by atoms with E-state index in [0.29, 0.717) is 11.5 Å². The van der Waals surface area contributed by atoms with E-state index in [0.717, 1.165) is 22.2 Å². The van der Waals surface area contributed by atoms with Crippen molar-refractivity contribution in [3.8, 4) is 11.5 Å². The Labute approximate surface area is 175 Å². The van der Waals surface area contributed by atoms with E-state index in [-0.39, 0.29) is 12.5 Å². The van der Waals surface area contributed by atoms with Crippen molar-refractivity contribution < 1.29 is 14.3 Å². The smallest absolute Gasteiger partial charge is 0.258 e. The molecule has 4 rings (SSSR count). The molecule has 0 bridgehead atoms. The van der Waals surface area contributed by atoms with E-state index < -0.39 is 6.04 Å². The molecule has 0 aliphatic heterocycles. The zero-order valence-electron chi connectivity index (χ0n) is 16.9. The number of benzene rings is 3. The molecule has 30 heavy (non-hydrogen) atoms. The zero-order chi connectivity index (χ0) is 20.9.